The lowest BCUT2D eigenvalue weighted by Gasteiger charge is -2.10. The summed E-state index contributed by atoms with van der Waals surface area (Å²) < 4.78 is 1.04. The van der Waals surface area contributed by atoms with Gasteiger partial charge in [-0.2, -0.15) is 0 Å². The van der Waals surface area contributed by atoms with Crippen molar-refractivity contribution in [3.63, 3.8) is 0 Å². The van der Waals surface area contributed by atoms with Crippen LogP contribution >= 0.6 is 15.9 Å². The summed E-state index contributed by atoms with van der Waals surface area (Å²) in [5, 5.41) is 2.92. The predicted molar refractivity (Wildman–Crippen MR) is 65.4 cm³/mol. The lowest BCUT2D eigenvalue weighted by Crippen LogP contribution is -2.28. The van der Waals surface area contributed by atoms with E-state index in [0.29, 0.717) is 6.54 Å². The van der Waals surface area contributed by atoms with Crippen molar-refractivity contribution in [3.8, 4) is 0 Å². The number of benzene rings is 1. The van der Waals surface area contributed by atoms with E-state index in [1.54, 1.807) is 0 Å². The van der Waals surface area contributed by atoms with Crippen LogP contribution in [0.4, 0.5) is 0 Å². The summed E-state index contributed by atoms with van der Waals surface area (Å²) in [5.41, 5.74) is 1.11. The maximum atomic E-state index is 11.5. The molecule has 0 aliphatic rings. The zero-order chi connectivity index (χ0) is 11.3. The second-order valence-electron chi connectivity index (χ2n) is 3.62. The fourth-order valence-corrected chi connectivity index (χ4v) is 1.61. The van der Waals surface area contributed by atoms with Crippen LogP contribution in [0.1, 0.15) is 25.8 Å². The Labute approximate surface area is 99.2 Å². The van der Waals surface area contributed by atoms with E-state index in [1.807, 2.05) is 38.1 Å². The summed E-state index contributed by atoms with van der Waals surface area (Å²) in [6, 6.07) is 7.91. The molecule has 0 aliphatic carbocycles. The summed E-state index contributed by atoms with van der Waals surface area (Å²) in [5.74, 6) is 0.209. The Morgan fingerprint density at radius 3 is 2.73 bits per heavy atom. The molecule has 0 aliphatic heterocycles. The van der Waals surface area contributed by atoms with Crippen molar-refractivity contribution in [1.29, 1.82) is 0 Å². The Morgan fingerprint density at radius 2 is 2.13 bits per heavy atom. The number of amides is 1. The molecular weight excluding hydrogens is 254 g/mol. The molecular formula is C12H16BrNO. The molecule has 0 bridgehead atoms. The van der Waals surface area contributed by atoms with Crippen molar-refractivity contribution in [1.82, 2.24) is 5.32 Å². The van der Waals surface area contributed by atoms with Crippen molar-refractivity contribution in [3.05, 3.63) is 34.3 Å². The van der Waals surface area contributed by atoms with Crippen LogP contribution in [0, 0.1) is 5.92 Å². The van der Waals surface area contributed by atoms with Crippen molar-refractivity contribution in [2.45, 2.75) is 26.8 Å². The van der Waals surface area contributed by atoms with E-state index >= 15 is 0 Å². The molecule has 0 spiro atoms. The van der Waals surface area contributed by atoms with Crippen LogP contribution in [-0.4, -0.2) is 5.91 Å². The first-order valence-electron chi connectivity index (χ1n) is 5.16. The Balaban J connectivity index is 2.51. The minimum Gasteiger partial charge on any atom is -0.352 e. The van der Waals surface area contributed by atoms with E-state index in [-0.39, 0.29) is 11.8 Å². The summed E-state index contributed by atoms with van der Waals surface area (Å²) in [6.07, 6.45) is 0.877. The standard InChI is InChI=1S/C12H16BrNO/c1-3-9(2)12(15)14-8-10-6-4-5-7-11(10)13/h4-7,9H,3,8H2,1-2H3,(H,14,15). The van der Waals surface area contributed by atoms with E-state index in [2.05, 4.69) is 21.2 Å². The molecule has 15 heavy (non-hydrogen) atoms. The average molecular weight is 270 g/mol. The van der Waals surface area contributed by atoms with Crippen molar-refractivity contribution < 1.29 is 4.79 Å². The van der Waals surface area contributed by atoms with Gasteiger partial charge in [0.15, 0.2) is 0 Å². The Morgan fingerprint density at radius 1 is 1.47 bits per heavy atom. The van der Waals surface area contributed by atoms with Gasteiger partial charge < -0.3 is 5.32 Å². The summed E-state index contributed by atoms with van der Waals surface area (Å²) in [6.45, 7) is 4.54. The van der Waals surface area contributed by atoms with Gasteiger partial charge >= 0.3 is 0 Å². The number of hydrogen-bond acceptors (Lipinski definition) is 1. The van der Waals surface area contributed by atoms with Crippen molar-refractivity contribution in [2.24, 2.45) is 5.92 Å². The number of halogens is 1. The molecule has 1 rings (SSSR count). The monoisotopic (exact) mass is 269 g/mol. The molecule has 1 aromatic rings. The fraction of sp³-hybridized carbons (Fsp3) is 0.417. The summed E-state index contributed by atoms with van der Waals surface area (Å²) in [4.78, 5) is 11.5. The van der Waals surface area contributed by atoms with Crippen molar-refractivity contribution >= 4 is 21.8 Å². The smallest absolute Gasteiger partial charge is 0.223 e. The van der Waals surface area contributed by atoms with Gasteiger partial charge in [0.05, 0.1) is 0 Å². The fourth-order valence-electron chi connectivity index (χ4n) is 1.18. The topological polar surface area (TPSA) is 29.1 Å². The highest BCUT2D eigenvalue weighted by molar-refractivity contribution is 9.10. The highest BCUT2D eigenvalue weighted by Gasteiger charge is 2.09. The number of nitrogens with one attached hydrogen (secondary N) is 1. The minimum absolute atomic E-state index is 0.0903. The van der Waals surface area contributed by atoms with Gasteiger partial charge in [-0.25, -0.2) is 0 Å². The first kappa shape index (κ1) is 12.2. The van der Waals surface area contributed by atoms with Crippen LogP contribution in [0.3, 0.4) is 0 Å². The van der Waals surface area contributed by atoms with Gasteiger partial charge in [-0.3, -0.25) is 4.79 Å². The number of hydrogen-bond donors (Lipinski definition) is 1. The predicted octanol–water partition coefficient (Wildman–Crippen LogP) is 3.11. The lowest BCUT2D eigenvalue weighted by molar-refractivity contribution is -0.124. The maximum Gasteiger partial charge on any atom is 0.223 e. The lowest BCUT2D eigenvalue weighted by atomic mass is 10.1. The van der Waals surface area contributed by atoms with Gasteiger partial charge in [-0.1, -0.05) is 48.0 Å². The van der Waals surface area contributed by atoms with Gasteiger partial charge in [0, 0.05) is 16.9 Å². The van der Waals surface area contributed by atoms with Gasteiger partial charge in [0.1, 0.15) is 0 Å². The van der Waals surface area contributed by atoms with Gasteiger partial charge in [0.2, 0.25) is 5.91 Å². The quantitative estimate of drug-likeness (QED) is 0.894. The highest BCUT2D eigenvalue weighted by Crippen LogP contribution is 2.15. The Kier molecular flexibility index (Phi) is 4.82. The van der Waals surface area contributed by atoms with Crippen LogP contribution in [0.15, 0.2) is 28.7 Å². The van der Waals surface area contributed by atoms with Gasteiger partial charge in [-0.05, 0) is 18.1 Å². The van der Waals surface area contributed by atoms with Crippen LogP contribution in [-0.2, 0) is 11.3 Å². The van der Waals surface area contributed by atoms with E-state index in [9.17, 15) is 4.79 Å². The van der Waals surface area contributed by atoms with Crippen LogP contribution in [0.2, 0.25) is 0 Å². The third-order valence-corrected chi connectivity index (χ3v) is 3.24. The van der Waals surface area contributed by atoms with E-state index in [0.717, 1.165) is 16.5 Å². The van der Waals surface area contributed by atoms with Crippen LogP contribution in [0.5, 0.6) is 0 Å². The SMILES string of the molecule is CCC(C)C(=O)NCc1ccccc1Br. The second-order valence-corrected chi connectivity index (χ2v) is 4.47. The molecule has 3 heteroatoms. The summed E-state index contributed by atoms with van der Waals surface area (Å²) in [7, 11) is 0. The molecule has 0 heterocycles. The molecule has 0 fully saturated rings. The van der Waals surface area contributed by atoms with Crippen LogP contribution in [0.25, 0.3) is 0 Å². The molecule has 1 amide bonds. The second kappa shape index (κ2) is 5.91. The third kappa shape index (κ3) is 3.67. The van der Waals surface area contributed by atoms with Gasteiger partial charge in [0.25, 0.3) is 0 Å². The maximum absolute atomic E-state index is 11.5. The first-order chi connectivity index (χ1) is 7.15. The number of carbonyl (C=O) groups is 1. The molecule has 1 atom stereocenters. The highest BCUT2D eigenvalue weighted by atomic mass is 79.9. The van der Waals surface area contributed by atoms with Crippen LogP contribution < -0.4 is 5.32 Å². The first-order valence-corrected chi connectivity index (χ1v) is 5.95. The Bertz CT molecular complexity index is 338. The molecule has 1 N–H and O–H groups in total. The van der Waals surface area contributed by atoms with E-state index in [1.165, 1.54) is 0 Å². The number of rotatable bonds is 4. The van der Waals surface area contributed by atoms with E-state index in [4.69, 9.17) is 0 Å². The molecule has 1 aromatic carbocycles. The normalized spacial score (nSPS) is 12.2. The molecule has 0 aromatic heterocycles. The Hall–Kier alpha value is -0.830. The van der Waals surface area contributed by atoms with E-state index < -0.39 is 0 Å². The number of carbonyl (C=O) groups excluding carboxylic acids is 1. The third-order valence-electron chi connectivity index (χ3n) is 2.47. The summed E-state index contributed by atoms with van der Waals surface area (Å²) >= 11 is 3.45. The molecule has 0 saturated carbocycles. The molecule has 1 unspecified atom stereocenters. The zero-order valence-electron chi connectivity index (χ0n) is 9.09. The largest absolute Gasteiger partial charge is 0.352 e. The molecule has 0 saturated heterocycles. The van der Waals surface area contributed by atoms with Crippen molar-refractivity contribution in [2.75, 3.05) is 0 Å². The average Bonchev–Trinajstić information content (AvgIpc) is 2.26. The molecule has 2 nitrogen and oxygen atoms in total. The van der Waals surface area contributed by atoms with Gasteiger partial charge in [-0.15, -0.1) is 0 Å². The molecule has 0 radical (unpaired) electrons. The minimum atomic E-state index is 0.0903. The zero-order valence-corrected chi connectivity index (χ0v) is 10.7. The molecule has 82 valence electrons.